The second-order valence-electron chi connectivity index (χ2n) is 20.2. The first-order chi connectivity index (χ1) is 32.6. The van der Waals surface area contributed by atoms with Crippen LogP contribution in [-0.4, -0.2) is 21.8 Å². The van der Waals surface area contributed by atoms with Crippen molar-refractivity contribution in [2.75, 3.05) is 21.3 Å². The Hall–Kier alpha value is -5.96. The topological polar surface area (TPSA) is 82.3 Å². The second kappa shape index (κ2) is 18.9. The zero-order valence-electron chi connectivity index (χ0n) is 40.9. The molecule has 2 amide bonds. The van der Waals surface area contributed by atoms with Gasteiger partial charge in [0, 0.05) is 55.8 Å². The minimum atomic E-state index is -0.248. The van der Waals surface area contributed by atoms with Gasteiger partial charge in [-0.05, 0) is 172 Å². The van der Waals surface area contributed by atoms with Crippen LogP contribution in [0.25, 0.3) is 0 Å². The van der Waals surface area contributed by atoms with Gasteiger partial charge < -0.3 is 21.3 Å². The van der Waals surface area contributed by atoms with Gasteiger partial charge in [0.05, 0.1) is 0 Å². The van der Waals surface area contributed by atoms with Gasteiger partial charge in [0.1, 0.15) is 9.98 Å². The molecule has 2 fully saturated rings. The number of amides is 2. The number of aryl methyl sites for hydroxylation is 8. The van der Waals surface area contributed by atoms with E-state index in [1.807, 2.05) is 6.07 Å². The Kier molecular flexibility index (Phi) is 13.1. The first-order valence-corrected chi connectivity index (χ1v) is 25.3. The van der Waals surface area contributed by atoms with Crippen LogP contribution in [0.1, 0.15) is 163 Å². The molecule has 0 saturated heterocycles. The average molecular weight is 937 g/mol. The van der Waals surface area contributed by atoms with E-state index >= 15 is 0 Å². The number of thiocarbonyl (C=S) groups is 2. The molecule has 8 heteroatoms. The quantitative estimate of drug-likeness (QED) is 0.114. The van der Waals surface area contributed by atoms with E-state index in [0.29, 0.717) is 21.1 Å². The summed E-state index contributed by atoms with van der Waals surface area (Å²) >= 11 is 12.3. The molecule has 348 valence electrons. The van der Waals surface area contributed by atoms with Crippen molar-refractivity contribution in [2.24, 2.45) is 0 Å². The van der Waals surface area contributed by atoms with Crippen LogP contribution >= 0.6 is 24.4 Å². The van der Waals surface area contributed by atoms with E-state index in [9.17, 15) is 9.59 Å². The molecule has 0 radical (unpaired) electrons. The molecule has 10 aliphatic heterocycles. The van der Waals surface area contributed by atoms with Crippen molar-refractivity contribution in [1.29, 1.82) is 0 Å². The van der Waals surface area contributed by atoms with E-state index in [0.717, 1.165) is 130 Å². The summed E-state index contributed by atoms with van der Waals surface area (Å²) in [5.41, 5.74) is 19.8. The number of rotatable bonds is 0. The number of hydrogen-bond acceptors (Lipinski definition) is 4. The van der Waals surface area contributed by atoms with Crippen molar-refractivity contribution in [3.8, 4) is 0 Å². The Bertz CT molecular complexity index is 2570. The molecule has 6 aromatic rings. The molecular formula is C60H64N4O2S2. The average Bonchev–Trinajstić information content (AvgIpc) is 3.33. The number of carbonyl (C=O) groups excluding carboxylic acids is 2. The summed E-state index contributed by atoms with van der Waals surface area (Å²) in [6.45, 7) is 17.1. The molecule has 0 aromatic heterocycles. The summed E-state index contributed by atoms with van der Waals surface area (Å²) in [7, 11) is 0. The maximum absolute atomic E-state index is 14.1. The van der Waals surface area contributed by atoms with Crippen LogP contribution in [0.3, 0.4) is 0 Å². The molecule has 18 rings (SSSR count). The van der Waals surface area contributed by atoms with Gasteiger partial charge in [-0.25, -0.2) is 0 Å². The molecule has 2 aliphatic carbocycles. The van der Waals surface area contributed by atoms with Gasteiger partial charge in [-0.15, -0.1) is 0 Å². The van der Waals surface area contributed by atoms with E-state index in [-0.39, 0.29) is 22.6 Å². The molecule has 10 heterocycles. The van der Waals surface area contributed by atoms with Crippen molar-refractivity contribution in [2.45, 2.75) is 130 Å². The molecule has 6 nitrogen and oxygen atoms in total. The SMILES string of the molecule is Cc1cc2cc(C)c1NC(=O)c1cccc(c1)C(=O)Nc1c(C)cc(cc1C)C1(CCCCC1)c1cc(C)c(c(C)c1)NC(=S)c1cccc(c1)C(=S)Nc1c(C)cc(cc1C)C21CCCCC1. The Labute approximate surface area is 414 Å². The molecule has 12 bridgehead atoms. The van der Waals surface area contributed by atoms with Crippen LogP contribution in [0.5, 0.6) is 0 Å². The summed E-state index contributed by atoms with van der Waals surface area (Å²) < 4.78 is 0. The summed E-state index contributed by atoms with van der Waals surface area (Å²) in [4.78, 5) is 29.4. The Morgan fingerprint density at radius 2 is 0.603 bits per heavy atom. The predicted octanol–water partition coefficient (Wildman–Crippen LogP) is 15.0. The molecule has 68 heavy (non-hydrogen) atoms. The summed E-state index contributed by atoms with van der Waals surface area (Å²) in [6, 6.07) is 33.8. The molecule has 12 aliphatic rings. The third-order valence-corrected chi connectivity index (χ3v) is 16.2. The fourth-order valence-electron chi connectivity index (χ4n) is 11.9. The minimum Gasteiger partial charge on any atom is -0.346 e. The van der Waals surface area contributed by atoms with Crippen LogP contribution in [0.2, 0.25) is 0 Å². The van der Waals surface area contributed by atoms with E-state index in [1.54, 1.807) is 24.3 Å². The van der Waals surface area contributed by atoms with Gasteiger partial charge in [0.25, 0.3) is 11.8 Å². The van der Waals surface area contributed by atoms with Gasteiger partial charge >= 0.3 is 0 Å². The summed E-state index contributed by atoms with van der Waals surface area (Å²) in [5.74, 6) is -0.495. The highest BCUT2D eigenvalue weighted by Crippen LogP contribution is 2.49. The number of carbonyl (C=O) groups is 2. The molecule has 2 saturated carbocycles. The number of anilines is 4. The third-order valence-electron chi connectivity index (χ3n) is 15.5. The highest BCUT2D eigenvalue weighted by molar-refractivity contribution is 7.81. The van der Waals surface area contributed by atoms with E-state index < -0.39 is 0 Å². The second-order valence-corrected chi connectivity index (χ2v) is 21.0. The summed E-state index contributed by atoms with van der Waals surface area (Å²) in [6.07, 6.45) is 11.2. The highest BCUT2D eigenvalue weighted by atomic mass is 32.1. The lowest BCUT2D eigenvalue weighted by Crippen LogP contribution is -2.31. The first kappa shape index (κ1) is 47.1. The number of nitrogens with one attached hydrogen (secondary N) is 4. The largest absolute Gasteiger partial charge is 0.346 e. The van der Waals surface area contributed by atoms with E-state index in [1.165, 1.54) is 35.1 Å². The molecule has 0 unspecified atom stereocenters. The Morgan fingerprint density at radius 3 is 0.897 bits per heavy atom. The van der Waals surface area contributed by atoms with Crippen molar-refractivity contribution in [3.05, 3.63) is 186 Å². The van der Waals surface area contributed by atoms with Crippen LogP contribution in [0.15, 0.2) is 97.1 Å². The number of hydrogen-bond donors (Lipinski definition) is 4. The normalized spacial score (nSPS) is 17.1. The van der Waals surface area contributed by atoms with Crippen LogP contribution in [0, 0.1) is 55.4 Å². The maximum atomic E-state index is 14.1. The van der Waals surface area contributed by atoms with E-state index in [2.05, 4.69) is 143 Å². The molecule has 4 N–H and O–H groups in total. The molecule has 0 atom stereocenters. The van der Waals surface area contributed by atoms with Crippen molar-refractivity contribution >= 4 is 69.0 Å². The Morgan fingerprint density at radius 1 is 0.353 bits per heavy atom. The first-order valence-electron chi connectivity index (χ1n) is 24.5. The molecule has 6 aromatic carbocycles. The molecular weight excluding hydrogens is 873 g/mol. The minimum absolute atomic E-state index is 0.173. The lowest BCUT2D eigenvalue weighted by Gasteiger charge is -2.40. The zero-order valence-corrected chi connectivity index (χ0v) is 42.6. The van der Waals surface area contributed by atoms with Crippen molar-refractivity contribution < 1.29 is 9.59 Å². The fourth-order valence-corrected chi connectivity index (χ4v) is 12.4. The molecule has 2 spiro atoms. The van der Waals surface area contributed by atoms with E-state index in [4.69, 9.17) is 24.4 Å². The van der Waals surface area contributed by atoms with Gasteiger partial charge in [-0.3, -0.25) is 9.59 Å². The van der Waals surface area contributed by atoms with Crippen LogP contribution < -0.4 is 21.3 Å². The Balaban J connectivity index is 1.14. The highest BCUT2D eigenvalue weighted by Gasteiger charge is 2.39. The van der Waals surface area contributed by atoms with Crippen LogP contribution in [0.4, 0.5) is 22.7 Å². The monoisotopic (exact) mass is 936 g/mol. The summed E-state index contributed by atoms with van der Waals surface area (Å²) in [5, 5.41) is 13.8. The van der Waals surface area contributed by atoms with Gasteiger partial charge in [0.15, 0.2) is 0 Å². The lowest BCUT2D eigenvalue weighted by atomic mass is 9.64. The lowest BCUT2D eigenvalue weighted by molar-refractivity contribution is 0.102. The smallest absolute Gasteiger partial charge is 0.255 e. The predicted molar refractivity (Wildman–Crippen MR) is 291 cm³/mol. The zero-order chi connectivity index (χ0) is 48.1. The maximum Gasteiger partial charge on any atom is 0.255 e. The number of benzene rings is 6. The van der Waals surface area contributed by atoms with Gasteiger partial charge in [-0.2, -0.15) is 0 Å². The van der Waals surface area contributed by atoms with Gasteiger partial charge in [0.2, 0.25) is 0 Å². The third kappa shape index (κ3) is 8.82. The van der Waals surface area contributed by atoms with Crippen molar-refractivity contribution in [1.82, 2.24) is 0 Å². The standard InChI is InChI=1S/C60H64N4O2S2/c1-35-25-47-26-36(2)51(35)61-55(65)43-17-15-18-44(33-43)56(66)62-52-37(3)27-48(28-38(52)4)60(23-13-10-14-24-60)50-31-41(7)54(42(8)32-50)64-58(68)46-20-16-19-45(34-46)57(67)63-53-39(5)29-49(30-40(53)6)59(47)21-11-9-12-22-59/h15-20,25-34H,9-14,21-24H2,1-8H3,(H,61,65)(H,62,66)(H,63,67)(H,64,68). The fraction of sp³-hybridized carbons (Fsp3) is 0.333. The van der Waals surface area contributed by atoms with Crippen molar-refractivity contribution in [3.63, 3.8) is 0 Å². The van der Waals surface area contributed by atoms with Crippen LogP contribution in [-0.2, 0) is 10.8 Å². The van der Waals surface area contributed by atoms with Gasteiger partial charge in [-0.1, -0.05) is 136 Å².